The van der Waals surface area contributed by atoms with Crippen LogP contribution in [0.2, 0.25) is 10.0 Å². The molecule has 1 aliphatic rings. The summed E-state index contributed by atoms with van der Waals surface area (Å²) in [6.07, 6.45) is 2.93. The average Bonchev–Trinajstić information content (AvgIpc) is 2.74. The van der Waals surface area contributed by atoms with Crippen LogP contribution in [0.3, 0.4) is 0 Å². The highest BCUT2D eigenvalue weighted by Gasteiger charge is 2.31. The third-order valence-corrected chi connectivity index (χ3v) is 7.81. The molecule has 0 aliphatic carbocycles. The molecule has 1 aliphatic heterocycles. The number of non-ortho nitro benzene ring substituents is 1. The molecule has 164 valence electrons. The number of nitro benzene ring substituents is 1. The Hall–Kier alpha value is -2.46. The molecular formula is C20H19Cl2N3O5S. The number of hydrogen-bond acceptors (Lipinski definition) is 5. The van der Waals surface area contributed by atoms with Gasteiger partial charge in [0, 0.05) is 44.4 Å². The molecular weight excluding hydrogens is 465 g/mol. The van der Waals surface area contributed by atoms with E-state index in [4.69, 9.17) is 23.2 Å². The summed E-state index contributed by atoms with van der Waals surface area (Å²) in [5, 5.41) is 11.7. The van der Waals surface area contributed by atoms with Gasteiger partial charge in [0.25, 0.3) is 5.69 Å². The zero-order valence-corrected chi connectivity index (χ0v) is 18.8. The van der Waals surface area contributed by atoms with Gasteiger partial charge in [-0.3, -0.25) is 14.9 Å². The maximum Gasteiger partial charge on any atom is 0.270 e. The van der Waals surface area contributed by atoms with Gasteiger partial charge in [-0.15, -0.1) is 0 Å². The second-order valence-corrected chi connectivity index (χ2v) is 9.60. The second-order valence-electron chi connectivity index (χ2n) is 6.91. The van der Waals surface area contributed by atoms with E-state index in [1.165, 1.54) is 27.4 Å². The smallest absolute Gasteiger partial charge is 0.270 e. The molecule has 0 N–H and O–H groups in total. The van der Waals surface area contributed by atoms with Crippen LogP contribution < -0.4 is 0 Å². The number of carbonyl (C=O) groups excluding carboxylic acids is 1. The van der Waals surface area contributed by atoms with Gasteiger partial charge >= 0.3 is 0 Å². The predicted octanol–water partition coefficient (Wildman–Crippen LogP) is 3.76. The minimum absolute atomic E-state index is 0.0853. The molecule has 0 spiro atoms. The van der Waals surface area contributed by atoms with Gasteiger partial charge in [-0.2, -0.15) is 4.31 Å². The highest BCUT2D eigenvalue weighted by atomic mass is 35.5. The lowest BCUT2D eigenvalue weighted by Gasteiger charge is -2.33. The second kappa shape index (κ2) is 9.35. The molecule has 0 unspecified atom stereocenters. The topological polar surface area (TPSA) is 101 Å². The zero-order chi connectivity index (χ0) is 22.8. The molecule has 2 aromatic carbocycles. The van der Waals surface area contributed by atoms with E-state index in [0.717, 1.165) is 6.07 Å². The van der Waals surface area contributed by atoms with E-state index in [0.29, 0.717) is 21.2 Å². The molecule has 0 atom stereocenters. The fourth-order valence-electron chi connectivity index (χ4n) is 3.18. The Morgan fingerprint density at radius 3 is 2.45 bits per heavy atom. The summed E-state index contributed by atoms with van der Waals surface area (Å²) >= 11 is 12.1. The van der Waals surface area contributed by atoms with E-state index in [1.54, 1.807) is 31.2 Å². The highest BCUT2D eigenvalue weighted by Crippen LogP contribution is 2.27. The molecule has 1 fully saturated rings. The van der Waals surface area contributed by atoms with Crippen LogP contribution in [-0.2, 0) is 14.8 Å². The fourth-order valence-corrected chi connectivity index (χ4v) is 5.22. The number of sulfonamides is 1. The summed E-state index contributed by atoms with van der Waals surface area (Å²) in [6, 6.07) is 8.84. The molecule has 0 bridgehead atoms. The van der Waals surface area contributed by atoms with Crippen LogP contribution in [0, 0.1) is 17.0 Å². The number of carbonyl (C=O) groups is 1. The lowest BCUT2D eigenvalue weighted by Crippen LogP contribution is -2.50. The number of benzene rings is 2. The van der Waals surface area contributed by atoms with Crippen molar-refractivity contribution in [2.24, 2.45) is 0 Å². The van der Waals surface area contributed by atoms with Gasteiger partial charge in [-0.05, 0) is 30.2 Å². The van der Waals surface area contributed by atoms with Crippen LogP contribution in [0.15, 0.2) is 47.4 Å². The van der Waals surface area contributed by atoms with Crippen molar-refractivity contribution in [3.05, 3.63) is 73.8 Å². The van der Waals surface area contributed by atoms with Crippen molar-refractivity contribution in [3.63, 3.8) is 0 Å². The first kappa shape index (κ1) is 23.2. The quantitative estimate of drug-likeness (QED) is 0.366. The van der Waals surface area contributed by atoms with Crippen molar-refractivity contribution in [2.45, 2.75) is 11.8 Å². The van der Waals surface area contributed by atoms with Crippen molar-refractivity contribution in [1.29, 1.82) is 0 Å². The van der Waals surface area contributed by atoms with Crippen molar-refractivity contribution in [1.82, 2.24) is 9.21 Å². The van der Waals surface area contributed by atoms with Gasteiger partial charge in [0.05, 0.1) is 19.9 Å². The van der Waals surface area contributed by atoms with Crippen LogP contribution >= 0.6 is 23.2 Å². The summed E-state index contributed by atoms with van der Waals surface area (Å²) in [4.78, 5) is 24.3. The Balaban J connectivity index is 1.69. The molecule has 11 heteroatoms. The number of aryl methyl sites for hydroxylation is 1. The average molecular weight is 484 g/mol. The van der Waals surface area contributed by atoms with Crippen LogP contribution in [-0.4, -0.2) is 54.6 Å². The van der Waals surface area contributed by atoms with E-state index < -0.39 is 14.9 Å². The van der Waals surface area contributed by atoms with Crippen molar-refractivity contribution >= 4 is 50.9 Å². The summed E-state index contributed by atoms with van der Waals surface area (Å²) in [7, 11) is -3.92. The first-order chi connectivity index (χ1) is 14.6. The molecule has 0 radical (unpaired) electrons. The molecule has 0 aromatic heterocycles. The van der Waals surface area contributed by atoms with Gasteiger partial charge in [0.2, 0.25) is 15.9 Å². The molecule has 8 nitrogen and oxygen atoms in total. The summed E-state index contributed by atoms with van der Waals surface area (Å²) in [5.74, 6) is -0.278. The lowest BCUT2D eigenvalue weighted by molar-refractivity contribution is -0.385. The molecule has 0 saturated carbocycles. The van der Waals surface area contributed by atoms with E-state index >= 15 is 0 Å². The van der Waals surface area contributed by atoms with E-state index in [1.807, 2.05) is 0 Å². The number of hydrogen-bond donors (Lipinski definition) is 0. The van der Waals surface area contributed by atoms with E-state index in [-0.39, 0.29) is 42.7 Å². The maximum atomic E-state index is 13.0. The van der Waals surface area contributed by atoms with Crippen LogP contribution in [0.25, 0.3) is 6.08 Å². The Labute approximate surface area is 189 Å². The zero-order valence-electron chi connectivity index (χ0n) is 16.5. The number of rotatable bonds is 5. The molecule has 1 amide bonds. The standard InChI is InChI=1S/C20H19Cl2N3O5S/c1-14-5-7-16(25(27)28)13-18(14)31(29,30)24-11-9-23(10-12-24)19(26)8-6-15-3-2-4-17(21)20(15)22/h2-8,13H,9-12H2,1H3/b8-6+. The largest absolute Gasteiger partial charge is 0.337 e. The fraction of sp³-hybridized carbons (Fsp3) is 0.250. The number of halogens is 2. The van der Waals surface area contributed by atoms with Gasteiger partial charge in [-0.1, -0.05) is 41.4 Å². The first-order valence-corrected chi connectivity index (χ1v) is 11.5. The van der Waals surface area contributed by atoms with Crippen LogP contribution in [0.1, 0.15) is 11.1 Å². The van der Waals surface area contributed by atoms with Crippen molar-refractivity contribution in [2.75, 3.05) is 26.2 Å². The van der Waals surface area contributed by atoms with Crippen LogP contribution in [0.5, 0.6) is 0 Å². The monoisotopic (exact) mass is 483 g/mol. The Morgan fingerprint density at radius 1 is 1.13 bits per heavy atom. The summed E-state index contributed by atoms with van der Waals surface area (Å²) in [5.41, 5.74) is 0.734. The normalized spacial score (nSPS) is 15.4. The third kappa shape index (κ3) is 5.07. The molecule has 3 rings (SSSR count). The highest BCUT2D eigenvalue weighted by molar-refractivity contribution is 7.89. The Morgan fingerprint density at radius 2 is 1.81 bits per heavy atom. The molecule has 1 heterocycles. The third-order valence-electron chi connectivity index (χ3n) is 4.94. The first-order valence-electron chi connectivity index (χ1n) is 9.27. The summed E-state index contributed by atoms with van der Waals surface area (Å²) < 4.78 is 27.2. The minimum atomic E-state index is -3.92. The Kier molecular flexibility index (Phi) is 7.00. The number of amides is 1. The number of nitro groups is 1. The van der Waals surface area contributed by atoms with E-state index in [2.05, 4.69) is 0 Å². The Bertz CT molecular complexity index is 1160. The summed E-state index contributed by atoms with van der Waals surface area (Å²) in [6.45, 7) is 2.14. The minimum Gasteiger partial charge on any atom is -0.337 e. The van der Waals surface area contributed by atoms with Gasteiger partial charge in [0.15, 0.2) is 0 Å². The number of nitrogens with zero attached hydrogens (tertiary/aromatic N) is 3. The van der Waals surface area contributed by atoms with E-state index in [9.17, 15) is 23.3 Å². The van der Waals surface area contributed by atoms with Gasteiger partial charge in [-0.25, -0.2) is 8.42 Å². The van der Waals surface area contributed by atoms with Gasteiger partial charge < -0.3 is 4.90 Å². The molecule has 1 saturated heterocycles. The van der Waals surface area contributed by atoms with Gasteiger partial charge in [0.1, 0.15) is 0 Å². The predicted molar refractivity (Wildman–Crippen MR) is 119 cm³/mol. The maximum absolute atomic E-state index is 13.0. The van der Waals surface area contributed by atoms with Crippen LogP contribution in [0.4, 0.5) is 5.69 Å². The van der Waals surface area contributed by atoms with Crippen molar-refractivity contribution < 1.29 is 18.1 Å². The SMILES string of the molecule is Cc1ccc([N+](=O)[O-])cc1S(=O)(=O)N1CCN(C(=O)/C=C/c2cccc(Cl)c2Cl)CC1. The molecule has 2 aromatic rings. The van der Waals surface area contributed by atoms with Crippen molar-refractivity contribution in [3.8, 4) is 0 Å². The molecule has 31 heavy (non-hydrogen) atoms. The number of piperazine rings is 1. The lowest BCUT2D eigenvalue weighted by atomic mass is 10.2.